The van der Waals surface area contributed by atoms with Crippen molar-refractivity contribution in [3.05, 3.63) is 23.8 Å². The van der Waals surface area contributed by atoms with Crippen LogP contribution < -0.4 is 14.8 Å². The van der Waals surface area contributed by atoms with E-state index < -0.39 is 5.97 Å². The van der Waals surface area contributed by atoms with E-state index in [0.717, 1.165) is 11.3 Å². The van der Waals surface area contributed by atoms with E-state index in [2.05, 4.69) is 5.32 Å². The smallest absolute Gasteiger partial charge is 0.322 e. The van der Waals surface area contributed by atoms with Gasteiger partial charge in [-0.2, -0.15) is 0 Å². The number of carbonyl (C=O) groups excluding carboxylic acids is 1. The van der Waals surface area contributed by atoms with Gasteiger partial charge in [-0.25, -0.2) is 0 Å². The maximum absolute atomic E-state index is 11.6. The first-order valence-corrected chi connectivity index (χ1v) is 6.68. The van der Waals surface area contributed by atoms with Crippen LogP contribution in [0.4, 0.5) is 0 Å². The highest BCUT2D eigenvalue weighted by molar-refractivity contribution is 5.85. The molecule has 7 nitrogen and oxygen atoms in total. The Morgan fingerprint density at radius 1 is 1.32 bits per heavy atom. The monoisotopic (exact) mass is 330 g/mol. The van der Waals surface area contributed by atoms with Crippen LogP contribution in [0.5, 0.6) is 11.5 Å². The minimum absolute atomic E-state index is 0. The number of hydrogen-bond donors (Lipinski definition) is 2. The molecule has 1 aromatic carbocycles. The molecule has 1 aromatic rings. The van der Waals surface area contributed by atoms with Gasteiger partial charge in [0.25, 0.3) is 0 Å². The van der Waals surface area contributed by atoms with Crippen LogP contribution in [-0.2, 0) is 16.1 Å². The molecule has 1 heterocycles. The van der Waals surface area contributed by atoms with Gasteiger partial charge in [0.05, 0.1) is 6.54 Å². The number of carbonyl (C=O) groups is 2. The van der Waals surface area contributed by atoms with Crippen molar-refractivity contribution in [1.82, 2.24) is 10.2 Å². The van der Waals surface area contributed by atoms with E-state index >= 15 is 0 Å². The molecule has 0 atom stereocenters. The van der Waals surface area contributed by atoms with E-state index in [1.165, 1.54) is 0 Å². The summed E-state index contributed by atoms with van der Waals surface area (Å²) in [4.78, 5) is 23.9. The second-order valence-corrected chi connectivity index (χ2v) is 4.66. The summed E-state index contributed by atoms with van der Waals surface area (Å²) >= 11 is 0. The van der Waals surface area contributed by atoms with Crippen LogP contribution in [0.25, 0.3) is 0 Å². The van der Waals surface area contributed by atoms with E-state index in [4.69, 9.17) is 14.6 Å². The molecule has 0 aliphatic carbocycles. The van der Waals surface area contributed by atoms with Gasteiger partial charge in [0, 0.05) is 6.54 Å². The maximum atomic E-state index is 11.6. The number of nitrogens with one attached hydrogen (secondary N) is 1. The molecular formula is C14H19ClN2O5. The summed E-state index contributed by atoms with van der Waals surface area (Å²) in [7, 11) is 0. The Morgan fingerprint density at radius 2 is 2.05 bits per heavy atom. The summed E-state index contributed by atoms with van der Waals surface area (Å²) in [6, 6.07) is 5.65. The molecule has 2 rings (SSSR count). The van der Waals surface area contributed by atoms with Crippen molar-refractivity contribution in [1.29, 1.82) is 0 Å². The topological polar surface area (TPSA) is 88.1 Å². The van der Waals surface area contributed by atoms with Crippen molar-refractivity contribution in [2.24, 2.45) is 0 Å². The third kappa shape index (κ3) is 5.09. The van der Waals surface area contributed by atoms with Crippen molar-refractivity contribution in [2.75, 3.05) is 26.4 Å². The first-order chi connectivity index (χ1) is 10.1. The number of amides is 1. The van der Waals surface area contributed by atoms with Crippen molar-refractivity contribution < 1.29 is 24.2 Å². The SMILES string of the molecule is CCN(CC(=O)NCC(=O)O)Cc1ccc2c(c1)OCO2.Cl. The fourth-order valence-electron chi connectivity index (χ4n) is 2.01. The predicted octanol–water partition coefficient (Wildman–Crippen LogP) is 0.860. The van der Waals surface area contributed by atoms with Gasteiger partial charge in [0.1, 0.15) is 6.54 Å². The fourth-order valence-corrected chi connectivity index (χ4v) is 2.01. The Balaban J connectivity index is 0.00000242. The average Bonchev–Trinajstić information content (AvgIpc) is 2.92. The first kappa shape index (κ1) is 18.1. The summed E-state index contributed by atoms with van der Waals surface area (Å²) < 4.78 is 10.6. The third-order valence-corrected chi connectivity index (χ3v) is 3.09. The van der Waals surface area contributed by atoms with Crippen LogP contribution in [0.1, 0.15) is 12.5 Å². The summed E-state index contributed by atoms with van der Waals surface area (Å²) in [5.74, 6) is 0.0713. The molecule has 0 spiro atoms. The molecule has 0 fully saturated rings. The lowest BCUT2D eigenvalue weighted by Gasteiger charge is -2.19. The Labute approximate surface area is 134 Å². The van der Waals surface area contributed by atoms with E-state index in [1.807, 2.05) is 30.0 Å². The van der Waals surface area contributed by atoms with Crippen molar-refractivity contribution in [3.63, 3.8) is 0 Å². The Hall–Kier alpha value is -1.99. The second-order valence-electron chi connectivity index (χ2n) is 4.66. The average molecular weight is 331 g/mol. The molecule has 0 unspecified atom stereocenters. The van der Waals surface area contributed by atoms with Gasteiger partial charge >= 0.3 is 5.97 Å². The zero-order valence-electron chi connectivity index (χ0n) is 12.2. The minimum Gasteiger partial charge on any atom is -0.480 e. The molecule has 8 heteroatoms. The van der Waals surface area contributed by atoms with E-state index in [-0.39, 0.29) is 38.2 Å². The van der Waals surface area contributed by atoms with Gasteiger partial charge in [0.15, 0.2) is 11.5 Å². The van der Waals surface area contributed by atoms with Crippen molar-refractivity contribution >= 4 is 24.3 Å². The highest BCUT2D eigenvalue weighted by Crippen LogP contribution is 2.32. The molecule has 1 aliphatic heterocycles. The van der Waals surface area contributed by atoms with Gasteiger partial charge in [0.2, 0.25) is 12.7 Å². The van der Waals surface area contributed by atoms with Crippen molar-refractivity contribution in [2.45, 2.75) is 13.5 Å². The number of nitrogens with zero attached hydrogens (tertiary/aromatic N) is 1. The zero-order chi connectivity index (χ0) is 15.2. The highest BCUT2D eigenvalue weighted by atomic mass is 35.5. The predicted molar refractivity (Wildman–Crippen MR) is 81.4 cm³/mol. The summed E-state index contributed by atoms with van der Waals surface area (Å²) in [5, 5.41) is 10.9. The molecular weight excluding hydrogens is 312 g/mol. The van der Waals surface area contributed by atoms with Crippen LogP contribution in [0.3, 0.4) is 0 Å². The number of rotatable bonds is 7. The number of hydrogen-bond acceptors (Lipinski definition) is 5. The number of carboxylic acid groups (broad SMARTS) is 1. The molecule has 0 aromatic heterocycles. The van der Waals surface area contributed by atoms with Crippen LogP contribution in [0.15, 0.2) is 18.2 Å². The van der Waals surface area contributed by atoms with Gasteiger partial charge in [-0.15, -0.1) is 12.4 Å². The lowest BCUT2D eigenvalue weighted by molar-refractivity contribution is -0.138. The second kappa shape index (κ2) is 8.45. The lowest BCUT2D eigenvalue weighted by Crippen LogP contribution is -2.38. The molecule has 0 bridgehead atoms. The van der Waals surface area contributed by atoms with Crippen LogP contribution in [-0.4, -0.2) is 48.3 Å². The zero-order valence-corrected chi connectivity index (χ0v) is 13.0. The van der Waals surface area contributed by atoms with Gasteiger partial charge < -0.3 is 19.9 Å². The largest absolute Gasteiger partial charge is 0.480 e. The summed E-state index contributed by atoms with van der Waals surface area (Å²) in [6.07, 6.45) is 0. The van der Waals surface area contributed by atoms with Crippen molar-refractivity contribution in [3.8, 4) is 11.5 Å². The first-order valence-electron chi connectivity index (χ1n) is 6.68. The van der Waals surface area contributed by atoms with Crippen LogP contribution in [0.2, 0.25) is 0 Å². The minimum atomic E-state index is -1.05. The molecule has 0 saturated heterocycles. The van der Waals surface area contributed by atoms with Gasteiger partial charge in [-0.05, 0) is 24.2 Å². The summed E-state index contributed by atoms with van der Waals surface area (Å²) in [6.45, 7) is 3.21. The van der Waals surface area contributed by atoms with Gasteiger partial charge in [-0.1, -0.05) is 13.0 Å². The van der Waals surface area contributed by atoms with E-state index in [0.29, 0.717) is 18.8 Å². The number of aliphatic carboxylic acids is 1. The standard InChI is InChI=1S/C14H18N2O5.ClH/c1-2-16(8-13(17)15-6-14(18)19)7-10-3-4-11-12(5-10)21-9-20-11;/h3-5H,2,6-9H2,1H3,(H,15,17)(H,18,19);1H. The van der Waals surface area contributed by atoms with Crippen LogP contribution >= 0.6 is 12.4 Å². The van der Waals surface area contributed by atoms with E-state index in [1.54, 1.807) is 0 Å². The number of carboxylic acids is 1. The molecule has 0 radical (unpaired) electrons. The molecule has 2 N–H and O–H groups in total. The molecule has 122 valence electrons. The number of benzene rings is 1. The Morgan fingerprint density at radius 3 is 2.73 bits per heavy atom. The Kier molecular flexibility index (Phi) is 6.94. The molecule has 1 aliphatic rings. The molecule has 1 amide bonds. The highest BCUT2D eigenvalue weighted by Gasteiger charge is 2.15. The maximum Gasteiger partial charge on any atom is 0.322 e. The molecule has 0 saturated carbocycles. The number of likely N-dealkylation sites (N-methyl/N-ethyl adjacent to an activating group) is 1. The number of fused-ring (bicyclic) bond motifs is 1. The van der Waals surface area contributed by atoms with Crippen LogP contribution in [0, 0.1) is 0 Å². The normalized spacial score (nSPS) is 11.9. The van der Waals surface area contributed by atoms with Gasteiger partial charge in [-0.3, -0.25) is 14.5 Å². The quantitative estimate of drug-likeness (QED) is 0.771. The molecule has 22 heavy (non-hydrogen) atoms. The Bertz CT molecular complexity index is 538. The number of ether oxygens (including phenoxy) is 2. The third-order valence-electron chi connectivity index (χ3n) is 3.09. The summed E-state index contributed by atoms with van der Waals surface area (Å²) in [5.41, 5.74) is 1.01. The number of halogens is 1. The van der Waals surface area contributed by atoms with E-state index in [9.17, 15) is 9.59 Å². The lowest BCUT2D eigenvalue weighted by atomic mass is 10.2. The fraction of sp³-hybridized carbons (Fsp3) is 0.429.